The smallest absolute Gasteiger partial charge is 0.323 e. The standard InChI is InChI=1S/C5H12NO3P/c7-10(8,9)5-3-1-2-4-6-5/h5-6H,1-4H2,(H2,7,8,9). The highest BCUT2D eigenvalue weighted by molar-refractivity contribution is 7.52. The normalized spacial score (nSPS) is 28.4. The van der Waals surface area contributed by atoms with Crippen LogP contribution in [0.5, 0.6) is 0 Å². The van der Waals surface area contributed by atoms with Gasteiger partial charge < -0.3 is 15.1 Å². The molecular weight excluding hydrogens is 153 g/mol. The van der Waals surface area contributed by atoms with Crippen LogP contribution < -0.4 is 5.32 Å². The maximum atomic E-state index is 10.6. The van der Waals surface area contributed by atoms with Crippen molar-refractivity contribution in [2.24, 2.45) is 0 Å². The Morgan fingerprint density at radius 2 is 2.10 bits per heavy atom. The molecule has 10 heavy (non-hydrogen) atoms. The van der Waals surface area contributed by atoms with Gasteiger partial charge in [-0.1, -0.05) is 0 Å². The van der Waals surface area contributed by atoms with E-state index in [1.807, 2.05) is 0 Å². The minimum atomic E-state index is -3.85. The van der Waals surface area contributed by atoms with Gasteiger partial charge in [-0.2, -0.15) is 0 Å². The molecule has 3 N–H and O–H groups in total. The molecule has 1 aliphatic heterocycles. The fourth-order valence-corrected chi connectivity index (χ4v) is 2.01. The van der Waals surface area contributed by atoms with Gasteiger partial charge in [-0.05, 0) is 25.8 Å². The maximum absolute atomic E-state index is 10.6. The molecule has 0 aliphatic carbocycles. The summed E-state index contributed by atoms with van der Waals surface area (Å²) in [4.78, 5) is 17.4. The molecule has 1 saturated heterocycles. The van der Waals surface area contributed by atoms with E-state index in [0.29, 0.717) is 6.42 Å². The Morgan fingerprint density at radius 3 is 2.40 bits per heavy atom. The van der Waals surface area contributed by atoms with Crippen LogP contribution in [0.2, 0.25) is 0 Å². The van der Waals surface area contributed by atoms with Crippen molar-refractivity contribution in [1.82, 2.24) is 5.32 Å². The first-order valence-corrected chi connectivity index (χ1v) is 5.07. The summed E-state index contributed by atoms with van der Waals surface area (Å²) >= 11 is 0. The van der Waals surface area contributed by atoms with E-state index in [-0.39, 0.29) is 0 Å². The minimum absolute atomic E-state index is 0.582. The number of piperidine rings is 1. The Hall–Kier alpha value is 0.110. The molecule has 0 aromatic rings. The molecule has 1 aliphatic rings. The zero-order chi connectivity index (χ0) is 7.61. The highest BCUT2D eigenvalue weighted by atomic mass is 31.2. The Labute approximate surface area is 59.8 Å². The highest BCUT2D eigenvalue weighted by Gasteiger charge is 2.29. The van der Waals surface area contributed by atoms with Crippen LogP contribution in [0, 0.1) is 0 Å². The number of hydrogen-bond acceptors (Lipinski definition) is 2. The van der Waals surface area contributed by atoms with Crippen LogP contribution in [0.25, 0.3) is 0 Å². The third-order valence-corrected chi connectivity index (χ3v) is 2.94. The van der Waals surface area contributed by atoms with Gasteiger partial charge in [0.25, 0.3) is 0 Å². The quantitative estimate of drug-likeness (QED) is 0.487. The molecule has 0 aromatic heterocycles. The van der Waals surface area contributed by atoms with Crippen molar-refractivity contribution in [3.8, 4) is 0 Å². The van der Waals surface area contributed by atoms with Gasteiger partial charge in [0.15, 0.2) is 0 Å². The molecule has 1 rings (SSSR count). The van der Waals surface area contributed by atoms with Gasteiger partial charge in [0.05, 0.1) is 0 Å². The second-order valence-electron chi connectivity index (χ2n) is 2.55. The van der Waals surface area contributed by atoms with Crippen LogP contribution in [-0.4, -0.2) is 22.1 Å². The summed E-state index contributed by atoms with van der Waals surface area (Å²) in [6.07, 6.45) is 2.55. The summed E-state index contributed by atoms with van der Waals surface area (Å²) in [5.74, 6) is -0.582. The molecule has 1 atom stereocenters. The second-order valence-corrected chi connectivity index (χ2v) is 4.36. The first-order chi connectivity index (χ1) is 4.61. The minimum Gasteiger partial charge on any atom is -0.323 e. The van der Waals surface area contributed by atoms with Crippen molar-refractivity contribution in [2.45, 2.75) is 25.0 Å². The Balaban J connectivity index is 2.47. The predicted molar refractivity (Wildman–Crippen MR) is 37.7 cm³/mol. The first kappa shape index (κ1) is 8.21. The third-order valence-electron chi connectivity index (χ3n) is 1.69. The average molecular weight is 165 g/mol. The number of rotatable bonds is 1. The molecule has 1 heterocycles. The SMILES string of the molecule is O=P(O)(O)C1CCCCN1. The number of hydrogen-bond donors (Lipinski definition) is 3. The van der Waals surface area contributed by atoms with E-state index in [9.17, 15) is 4.57 Å². The van der Waals surface area contributed by atoms with Crippen LogP contribution in [-0.2, 0) is 4.57 Å². The molecule has 0 aromatic carbocycles. The largest absolute Gasteiger partial charge is 0.342 e. The molecule has 0 amide bonds. The van der Waals surface area contributed by atoms with Gasteiger partial charge in [-0.3, -0.25) is 4.57 Å². The predicted octanol–water partition coefficient (Wildman–Crippen LogP) is 0.264. The summed E-state index contributed by atoms with van der Waals surface area (Å²) in [7, 11) is -3.85. The van der Waals surface area contributed by atoms with E-state index in [2.05, 4.69) is 5.32 Å². The molecule has 5 heteroatoms. The van der Waals surface area contributed by atoms with Gasteiger partial charge in [0.2, 0.25) is 0 Å². The van der Waals surface area contributed by atoms with Gasteiger partial charge in [-0.25, -0.2) is 0 Å². The third kappa shape index (κ3) is 2.06. The van der Waals surface area contributed by atoms with E-state index in [1.54, 1.807) is 0 Å². The van der Waals surface area contributed by atoms with Crippen LogP contribution >= 0.6 is 7.60 Å². The number of nitrogens with one attached hydrogen (secondary N) is 1. The Kier molecular flexibility index (Phi) is 2.47. The molecule has 0 bridgehead atoms. The molecule has 0 saturated carbocycles. The topological polar surface area (TPSA) is 69.6 Å². The van der Waals surface area contributed by atoms with E-state index >= 15 is 0 Å². The first-order valence-electron chi connectivity index (χ1n) is 3.39. The molecule has 1 unspecified atom stereocenters. The van der Waals surface area contributed by atoms with Crippen molar-refractivity contribution >= 4 is 7.60 Å². The molecular formula is C5H12NO3P. The zero-order valence-electron chi connectivity index (χ0n) is 5.66. The summed E-state index contributed by atoms with van der Waals surface area (Å²) in [6.45, 7) is 0.732. The van der Waals surface area contributed by atoms with Crippen molar-refractivity contribution < 1.29 is 14.4 Å². The van der Waals surface area contributed by atoms with Gasteiger partial charge >= 0.3 is 7.60 Å². The monoisotopic (exact) mass is 165 g/mol. The lowest BCUT2D eigenvalue weighted by Crippen LogP contribution is -2.33. The lowest BCUT2D eigenvalue weighted by Gasteiger charge is -2.23. The fraction of sp³-hybridized carbons (Fsp3) is 1.00. The average Bonchev–Trinajstić information content (AvgIpc) is 1.88. The van der Waals surface area contributed by atoms with Crippen molar-refractivity contribution in [3.63, 3.8) is 0 Å². The molecule has 0 radical (unpaired) electrons. The van der Waals surface area contributed by atoms with Crippen LogP contribution in [0.15, 0.2) is 0 Å². The van der Waals surface area contributed by atoms with Crippen molar-refractivity contribution in [3.05, 3.63) is 0 Å². The fourth-order valence-electron chi connectivity index (χ4n) is 1.12. The van der Waals surface area contributed by atoms with Gasteiger partial charge in [-0.15, -0.1) is 0 Å². The summed E-state index contributed by atoms with van der Waals surface area (Å²) in [6, 6.07) is 0. The van der Waals surface area contributed by atoms with Crippen LogP contribution in [0.4, 0.5) is 0 Å². The summed E-state index contributed by atoms with van der Waals surface area (Å²) in [5, 5.41) is 2.80. The molecule has 60 valence electrons. The van der Waals surface area contributed by atoms with Crippen molar-refractivity contribution in [1.29, 1.82) is 0 Å². The second kappa shape index (κ2) is 3.01. The highest BCUT2D eigenvalue weighted by Crippen LogP contribution is 2.42. The van der Waals surface area contributed by atoms with E-state index in [4.69, 9.17) is 9.79 Å². The maximum Gasteiger partial charge on any atom is 0.342 e. The van der Waals surface area contributed by atoms with Gasteiger partial charge in [0, 0.05) is 0 Å². The van der Waals surface area contributed by atoms with Crippen molar-refractivity contribution in [2.75, 3.05) is 6.54 Å². The summed E-state index contributed by atoms with van der Waals surface area (Å²) < 4.78 is 10.6. The van der Waals surface area contributed by atoms with Gasteiger partial charge in [0.1, 0.15) is 5.78 Å². The zero-order valence-corrected chi connectivity index (χ0v) is 6.55. The molecule has 4 nitrogen and oxygen atoms in total. The molecule has 0 spiro atoms. The van der Waals surface area contributed by atoms with E-state index in [1.165, 1.54) is 0 Å². The summed E-state index contributed by atoms with van der Waals surface area (Å²) in [5.41, 5.74) is 0. The lowest BCUT2D eigenvalue weighted by atomic mass is 10.2. The Bertz CT molecular complexity index is 149. The lowest BCUT2D eigenvalue weighted by molar-refractivity contribution is 0.327. The molecule has 1 fully saturated rings. The van der Waals surface area contributed by atoms with E-state index in [0.717, 1.165) is 19.4 Å². The Morgan fingerprint density at radius 1 is 1.40 bits per heavy atom. The van der Waals surface area contributed by atoms with Crippen LogP contribution in [0.1, 0.15) is 19.3 Å². The van der Waals surface area contributed by atoms with E-state index < -0.39 is 13.4 Å². The van der Waals surface area contributed by atoms with Crippen LogP contribution in [0.3, 0.4) is 0 Å².